The molecule has 1 saturated carbocycles. The summed E-state index contributed by atoms with van der Waals surface area (Å²) in [5, 5.41) is 2.96. The van der Waals surface area contributed by atoms with Crippen molar-refractivity contribution >= 4 is 22.6 Å². The van der Waals surface area contributed by atoms with Gasteiger partial charge in [0.15, 0.2) is 0 Å². The van der Waals surface area contributed by atoms with Crippen molar-refractivity contribution in [3.05, 3.63) is 78.4 Å². The summed E-state index contributed by atoms with van der Waals surface area (Å²) in [5.74, 6) is 1.65. The average molecular weight is 426 g/mol. The van der Waals surface area contributed by atoms with Gasteiger partial charge in [0.25, 0.3) is 5.91 Å². The van der Waals surface area contributed by atoms with Crippen molar-refractivity contribution in [3.63, 3.8) is 0 Å². The highest BCUT2D eigenvalue weighted by Crippen LogP contribution is 2.36. The van der Waals surface area contributed by atoms with Gasteiger partial charge in [0.1, 0.15) is 11.6 Å². The van der Waals surface area contributed by atoms with Gasteiger partial charge in [0.2, 0.25) is 0 Å². The summed E-state index contributed by atoms with van der Waals surface area (Å²) in [6.07, 6.45) is 6.09. The van der Waals surface area contributed by atoms with E-state index in [2.05, 4.69) is 22.0 Å². The SMILES string of the molecule is COc1ccc(-c2nc3cc(C(=O)Nc4ccccc4)ccc3n2C2CCCCC2)cc1. The fourth-order valence-electron chi connectivity index (χ4n) is 4.62. The number of fused-ring (bicyclic) bond motifs is 1. The third-order valence-corrected chi connectivity index (χ3v) is 6.27. The van der Waals surface area contributed by atoms with Crippen LogP contribution in [0, 0.1) is 0 Å². The van der Waals surface area contributed by atoms with E-state index in [1.54, 1.807) is 7.11 Å². The number of anilines is 1. The number of carbonyl (C=O) groups is 1. The Balaban J connectivity index is 1.56. The Kier molecular flexibility index (Phi) is 5.63. The topological polar surface area (TPSA) is 56.1 Å². The van der Waals surface area contributed by atoms with Crippen molar-refractivity contribution < 1.29 is 9.53 Å². The minimum absolute atomic E-state index is 0.128. The van der Waals surface area contributed by atoms with Crippen LogP contribution in [0.25, 0.3) is 22.4 Å². The molecule has 1 aliphatic rings. The van der Waals surface area contributed by atoms with Gasteiger partial charge in [-0.15, -0.1) is 0 Å². The first kappa shape index (κ1) is 20.3. The van der Waals surface area contributed by atoms with E-state index < -0.39 is 0 Å². The van der Waals surface area contributed by atoms with Crippen molar-refractivity contribution in [1.82, 2.24) is 9.55 Å². The molecule has 1 aliphatic carbocycles. The second-order valence-corrected chi connectivity index (χ2v) is 8.35. The van der Waals surface area contributed by atoms with E-state index in [0.717, 1.165) is 46.7 Å². The molecule has 5 heteroatoms. The molecule has 32 heavy (non-hydrogen) atoms. The molecule has 0 spiro atoms. The van der Waals surface area contributed by atoms with Crippen molar-refractivity contribution in [1.29, 1.82) is 0 Å². The minimum Gasteiger partial charge on any atom is -0.497 e. The van der Waals surface area contributed by atoms with Gasteiger partial charge in [-0.25, -0.2) is 4.98 Å². The molecule has 162 valence electrons. The van der Waals surface area contributed by atoms with Gasteiger partial charge in [-0.05, 0) is 67.4 Å². The Morgan fingerprint density at radius 2 is 1.72 bits per heavy atom. The summed E-state index contributed by atoms with van der Waals surface area (Å²) < 4.78 is 7.71. The molecule has 0 radical (unpaired) electrons. The molecule has 0 saturated heterocycles. The molecule has 0 bridgehead atoms. The first-order valence-corrected chi connectivity index (χ1v) is 11.3. The Morgan fingerprint density at radius 1 is 0.969 bits per heavy atom. The lowest BCUT2D eigenvalue weighted by Gasteiger charge is -2.25. The van der Waals surface area contributed by atoms with Gasteiger partial charge in [-0.2, -0.15) is 0 Å². The Hall–Kier alpha value is -3.60. The molecule has 4 aromatic rings. The quantitative estimate of drug-likeness (QED) is 0.399. The van der Waals surface area contributed by atoms with E-state index in [1.165, 1.54) is 19.3 Å². The second-order valence-electron chi connectivity index (χ2n) is 8.35. The number of amides is 1. The molecule has 1 aromatic heterocycles. The maximum absolute atomic E-state index is 12.8. The summed E-state index contributed by atoms with van der Waals surface area (Å²) in [4.78, 5) is 17.8. The number of para-hydroxylation sites is 1. The summed E-state index contributed by atoms with van der Waals surface area (Å²) >= 11 is 0. The zero-order valence-corrected chi connectivity index (χ0v) is 18.3. The first-order chi connectivity index (χ1) is 15.7. The number of carbonyl (C=O) groups excluding carboxylic acids is 1. The minimum atomic E-state index is -0.128. The number of rotatable bonds is 5. The Labute approximate surface area is 188 Å². The zero-order valence-electron chi connectivity index (χ0n) is 18.3. The number of nitrogens with zero attached hydrogens (tertiary/aromatic N) is 2. The van der Waals surface area contributed by atoms with E-state index >= 15 is 0 Å². The van der Waals surface area contributed by atoms with Gasteiger partial charge in [-0.3, -0.25) is 4.79 Å². The highest BCUT2D eigenvalue weighted by atomic mass is 16.5. The van der Waals surface area contributed by atoms with Crippen LogP contribution in [0.1, 0.15) is 48.5 Å². The van der Waals surface area contributed by atoms with Gasteiger partial charge in [0, 0.05) is 22.9 Å². The number of ether oxygens (including phenoxy) is 1. The third-order valence-electron chi connectivity index (χ3n) is 6.27. The molecule has 1 fully saturated rings. The van der Waals surface area contributed by atoms with Crippen LogP contribution < -0.4 is 10.1 Å². The number of benzene rings is 3. The molecular formula is C27H27N3O2. The molecular weight excluding hydrogens is 398 g/mol. The molecule has 5 rings (SSSR count). The maximum atomic E-state index is 12.8. The van der Waals surface area contributed by atoms with E-state index in [1.807, 2.05) is 60.7 Å². The number of aromatic nitrogens is 2. The van der Waals surface area contributed by atoms with Crippen molar-refractivity contribution in [3.8, 4) is 17.1 Å². The van der Waals surface area contributed by atoms with Crippen molar-refractivity contribution in [2.24, 2.45) is 0 Å². The standard InChI is InChI=1S/C27H27N3O2/c1-32-23-15-12-19(13-16-23)26-29-24-18-20(27(31)28-21-8-4-2-5-9-21)14-17-25(24)30(26)22-10-6-3-7-11-22/h2,4-5,8-9,12-18,22H,3,6-7,10-11H2,1H3,(H,28,31). The van der Waals surface area contributed by atoms with Gasteiger partial charge >= 0.3 is 0 Å². The van der Waals surface area contributed by atoms with Crippen LogP contribution in [0.15, 0.2) is 72.8 Å². The highest BCUT2D eigenvalue weighted by Gasteiger charge is 2.23. The smallest absolute Gasteiger partial charge is 0.255 e. The summed E-state index contributed by atoms with van der Waals surface area (Å²) in [7, 11) is 1.67. The van der Waals surface area contributed by atoms with Crippen LogP contribution in [-0.2, 0) is 0 Å². The molecule has 0 aliphatic heterocycles. The van der Waals surface area contributed by atoms with E-state index in [-0.39, 0.29) is 5.91 Å². The van der Waals surface area contributed by atoms with E-state index in [4.69, 9.17) is 9.72 Å². The second kappa shape index (κ2) is 8.87. The zero-order chi connectivity index (χ0) is 21.9. The number of nitrogens with one attached hydrogen (secondary N) is 1. The maximum Gasteiger partial charge on any atom is 0.255 e. The van der Waals surface area contributed by atoms with E-state index in [9.17, 15) is 4.79 Å². The van der Waals surface area contributed by atoms with Crippen molar-refractivity contribution in [2.75, 3.05) is 12.4 Å². The molecule has 0 atom stereocenters. The molecule has 1 amide bonds. The molecule has 3 aromatic carbocycles. The van der Waals surface area contributed by atoms with Crippen LogP contribution in [0.3, 0.4) is 0 Å². The van der Waals surface area contributed by atoms with Gasteiger partial charge in [-0.1, -0.05) is 37.5 Å². The summed E-state index contributed by atoms with van der Waals surface area (Å²) in [5.41, 5.74) is 4.38. The molecule has 1 N–H and O–H groups in total. The monoisotopic (exact) mass is 425 g/mol. The van der Waals surface area contributed by atoms with Gasteiger partial charge < -0.3 is 14.6 Å². The highest BCUT2D eigenvalue weighted by molar-refractivity contribution is 6.06. The summed E-state index contributed by atoms with van der Waals surface area (Å²) in [6, 6.07) is 23.9. The number of hydrogen-bond donors (Lipinski definition) is 1. The third kappa shape index (κ3) is 3.98. The largest absolute Gasteiger partial charge is 0.497 e. The predicted molar refractivity (Wildman–Crippen MR) is 128 cm³/mol. The molecule has 1 heterocycles. The number of methoxy groups -OCH3 is 1. The lowest BCUT2D eigenvalue weighted by atomic mass is 9.95. The van der Waals surface area contributed by atoms with Crippen molar-refractivity contribution in [2.45, 2.75) is 38.1 Å². The van der Waals surface area contributed by atoms with Crippen LogP contribution in [0.2, 0.25) is 0 Å². The summed E-state index contributed by atoms with van der Waals surface area (Å²) in [6.45, 7) is 0. The fraction of sp³-hybridized carbons (Fsp3) is 0.259. The first-order valence-electron chi connectivity index (χ1n) is 11.3. The lowest BCUT2D eigenvalue weighted by Crippen LogP contribution is -2.14. The number of hydrogen-bond acceptors (Lipinski definition) is 3. The van der Waals surface area contributed by atoms with Crippen LogP contribution >= 0.6 is 0 Å². The van der Waals surface area contributed by atoms with E-state index in [0.29, 0.717) is 11.6 Å². The predicted octanol–water partition coefficient (Wildman–Crippen LogP) is 6.47. The molecule has 0 unspecified atom stereocenters. The van der Waals surface area contributed by atoms with Gasteiger partial charge in [0.05, 0.1) is 18.1 Å². The normalized spacial score (nSPS) is 14.4. The fourth-order valence-corrected chi connectivity index (χ4v) is 4.62. The molecule has 5 nitrogen and oxygen atoms in total. The Bertz CT molecular complexity index is 1220. The average Bonchev–Trinajstić information content (AvgIpc) is 3.24. The van der Waals surface area contributed by atoms with Crippen LogP contribution in [-0.4, -0.2) is 22.6 Å². The number of imidazole rings is 1. The van der Waals surface area contributed by atoms with Crippen LogP contribution in [0.4, 0.5) is 5.69 Å². The Morgan fingerprint density at radius 3 is 2.44 bits per heavy atom. The lowest BCUT2D eigenvalue weighted by molar-refractivity contribution is 0.102. The van der Waals surface area contributed by atoms with Crippen LogP contribution in [0.5, 0.6) is 5.75 Å².